The van der Waals surface area contributed by atoms with Gasteiger partial charge in [0.1, 0.15) is 0 Å². The molecule has 27 heavy (non-hydrogen) atoms. The first-order valence-corrected chi connectivity index (χ1v) is 9.94. The van der Waals surface area contributed by atoms with Crippen molar-refractivity contribution in [3.63, 3.8) is 0 Å². The van der Waals surface area contributed by atoms with Gasteiger partial charge < -0.3 is 10.4 Å². The van der Waals surface area contributed by atoms with Crippen molar-refractivity contribution in [1.82, 2.24) is 5.32 Å². The normalized spacial score (nSPS) is 14.3. The Bertz CT molecular complexity index is 700. The van der Waals surface area contributed by atoms with Gasteiger partial charge in [0.2, 0.25) is 5.91 Å². The summed E-state index contributed by atoms with van der Waals surface area (Å²) in [6, 6.07) is 16.6. The van der Waals surface area contributed by atoms with Gasteiger partial charge in [-0.3, -0.25) is 4.79 Å². The highest BCUT2D eigenvalue weighted by atomic mass is 16.3. The topological polar surface area (TPSA) is 49.3 Å². The highest BCUT2D eigenvalue weighted by molar-refractivity contribution is 5.76. The monoisotopic (exact) mass is 367 g/mol. The molecule has 2 N–H and O–H groups in total. The van der Waals surface area contributed by atoms with Crippen LogP contribution in [0.25, 0.3) is 0 Å². The van der Waals surface area contributed by atoms with Gasteiger partial charge in [0.05, 0.1) is 12.6 Å². The van der Waals surface area contributed by atoms with Crippen molar-refractivity contribution in [2.45, 2.75) is 65.5 Å². The second-order valence-corrected chi connectivity index (χ2v) is 7.97. The first-order valence-electron chi connectivity index (χ1n) is 9.94. The Morgan fingerprint density at radius 2 is 1.63 bits per heavy atom. The second-order valence-electron chi connectivity index (χ2n) is 7.97. The van der Waals surface area contributed by atoms with Crippen molar-refractivity contribution in [3.05, 3.63) is 70.8 Å². The molecule has 1 amide bonds. The molecule has 1 aliphatic carbocycles. The molecular formula is C24H33NO2. The van der Waals surface area contributed by atoms with Gasteiger partial charge >= 0.3 is 0 Å². The Morgan fingerprint density at radius 1 is 1.04 bits per heavy atom. The van der Waals surface area contributed by atoms with Crippen LogP contribution in [0, 0.1) is 12.8 Å². The molecule has 2 aromatic carbocycles. The number of aryl methyl sites for hydroxylation is 1. The SMILES string of the molecule is Cc1ccc(C(C)NC(=O)CC(C)C)cc1.OCc1ccc(C2CC2)cc1. The van der Waals surface area contributed by atoms with Crippen LogP contribution in [0.15, 0.2) is 48.5 Å². The molecule has 3 rings (SSSR count). The minimum atomic E-state index is 0.0897. The zero-order chi connectivity index (χ0) is 19.8. The Balaban J connectivity index is 0.000000206. The molecule has 2 aromatic rings. The third-order valence-electron chi connectivity index (χ3n) is 4.76. The highest BCUT2D eigenvalue weighted by Crippen LogP contribution is 2.39. The molecule has 0 aliphatic heterocycles. The van der Waals surface area contributed by atoms with Gasteiger partial charge in [0, 0.05) is 6.42 Å². The van der Waals surface area contributed by atoms with Crippen LogP contribution < -0.4 is 5.32 Å². The average Bonchev–Trinajstić information content (AvgIpc) is 3.47. The van der Waals surface area contributed by atoms with E-state index in [1.165, 1.54) is 24.0 Å². The van der Waals surface area contributed by atoms with Crippen molar-refractivity contribution < 1.29 is 9.90 Å². The molecule has 0 aromatic heterocycles. The fourth-order valence-electron chi connectivity index (χ4n) is 2.92. The van der Waals surface area contributed by atoms with Crippen LogP contribution in [0.5, 0.6) is 0 Å². The smallest absolute Gasteiger partial charge is 0.220 e. The number of benzene rings is 2. The summed E-state index contributed by atoms with van der Waals surface area (Å²) in [5, 5.41) is 11.8. The number of aliphatic hydroxyl groups excluding tert-OH is 1. The third-order valence-corrected chi connectivity index (χ3v) is 4.76. The van der Waals surface area contributed by atoms with Gasteiger partial charge in [0.25, 0.3) is 0 Å². The number of rotatable bonds is 6. The summed E-state index contributed by atoms with van der Waals surface area (Å²) >= 11 is 0. The fraction of sp³-hybridized carbons (Fsp3) is 0.458. The lowest BCUT2D eigenvalue weighted by Crippen LogP contribution is -2.27. The highest BCUT2D eigenvalue weighted by Gasteiger charge is 2.22. The summed E-state index contributed by atoms with van der Waals surface area (Å²) in [5.41, 5.74) is 4.84. The minimum absolute atomic E-state index is 0.0897. The molecule has 1 aliphatic rings. The van der Waals surface area contributed by atoms with E-state index in [0.29, 0.717) is 12.3 Å². The summed E-state index contributed by atoms with van der Waals surface area (Å²) < 4.78 is 0. The van der Waals surface area contributed by atoms with E-state index in [1.807, 2.05) is 19.1 Å². The molecule has 1 atom stereocenters. The van der Waals surface area contributed by atoms with Gasteiger partial charge in [-0.15, -0.1) is 0 Å². The van der Waals surface area contributed by atoms with Crippen LogP contribution in [0.2, 0.25) is 0 Å². The van der Waals surface area contributed by atoms with E-state index >= 15 is 0 Å². The Labute approximate surface area is 163 Å². The number of hydrogen-bond acceptors (Lipinski definition) is 2. The van der Waals surface area contributed by atoms with Gasteiger partial charge in [-0.25, -0.2) is 0 Å². The van der Waals surface area contributed by atoms with Crippen molar-refractivity contribution in [2.24, 2.45) is 5.92 Å². The van der Waals surface area contributed by atoms with Crippen LogP contribution in [0.3, 0.4) is 0 Å². The summed E-state index contributed by atoms with van der Waals surface area (Å²) in [6.07, 6.45) is 3.28. The molecule has 146 valence electrons. The number of aliphatic hydroxyl groups is 1. The zero-order valence-corrected chi connectivity index (χ0v) is 17.0. The molecule has 3 heteroatoms. The maximum Gasteiger partial charge on any atom is 0.220 e. The quantitative estimate of drug-likeness (QED) is 0.730. The summed E-state index contributed by atoms with van der Waals surface area (Å²) in [4.78, 5) is 11.6. The van der Waals surface area contributed by atoms with Crippen molar-refractivity contribution in [3.8, 4) is 0 Å². The van der Waals surface area contributed by atoms with E-state index in [2.05, 4.69) is 62.5 Å². The van der Waals surface area contributed by atoms with Crippen LogP contribution in [0.4, 0.5) is 0 Å². The second kappa shape index (κ2) is 10.3. The van der Waals surface area contributed by atoms with Gasteiger partial charge in [-0.05, 0) is 55.2 Å². The molecule has 0 bridgehead atoms. The molecule has 1 saturated carbocycles. The number of amides is 1. The molecular weight excluding hydrogens is 334 g/mol. The first-order chi connectivity index (χ1) is 12.9. The average molecular weight is 368 g/mol. The Hall–Kier alpha value is -2.13. The lowest BCUT2D eigenvalue weighted by Gasteiger charge is -2.15. The van der Waals surface area contributed by atoms with E-state index in [1.54, 1.807) is 0 Å². The van der Waals surface area contributed by atoms with E-state index in [0.717, 1.165) is 17.0 Å². The van der Waals surface area contributed by atoms with Crippen LogP contribution in [0.1, 0.15) is 74.2 Å². The summed E-state index contributed by atoms with van der Waals surface area (Å²) in [5.74, 6) is 1.36. The predicted molar refractivity (Wildman–Crippen MR) is 112 cm³/mol. The third kappa shape index (κ3) is 7.56. The van der Waals surface area contributed by atoms with Crippen LogP contribution >= 0.6 is 0 Å². The molecule has 0 radical (unpaired) electrons. The van der Waals surface area contributed by atoms with Crippen molar-refractivity contribution in [2.75, 3.05) is 0 Å². The van der Waals surface area contributed by atoms with E-state index in [-0.39, 0.29) is 18.6 Å². The fourth-order valence-corrected chi connectivity index (χ4v) is 2.92. The lowest BCUT2D eigenvalue weighted by atomic mass is 10.1. The minimum Gasteiger partial charge on any atom is -0.392 e. The molecule has 0 spiro atoms. The molecule has 0 saturated heterocycles. The van der Waals surface area contributed by atoms with E-state index in [9.17, 15) is 4.79 Å². The van der Waals surface area contributed by atoms with Gasteiger partial charge in [-0.2, -0.15) is 0 Å². The van der Waals surface area contributed by atoms with Gasteiger partial charge in [0.15, 0.2) is 0 Å². The lowest BCUT2D eigenvalue weighted by molar-refractivity contribution is -0.122. The Morgan fingerprint density at radius 3 is 2.11 bits per heavy atom. The number of carbonyl (C=O) groups excluding carboxylic acids is 1. The van der Waals surface area contributed by atoms with Crippen molar-refractivity contribution in [1.29, 1.82) is 0 Å². The zero-order valence-electron chi connectivity index (χ0n) is 17.0. The molecule has 3 nitrogen and oxygen atoms in total. The standard InChI is InChI=1S/C14H21NO.C10H12O/c1-10(2)9-14(16)15-12(4)13-7-5-11(3)6-8-13;11-7-8-1-3-9(4-2-8)10-5-6-10/h5-8,10,12H,9H2,1-4H3,(H,15,16);1-4,10-11H,5-7H2. The number of carbonyl (C=O) groups is 1. The van der Waals surface area contributed by atoms with Crippen molar-refractivity contribution >= 4 is 5.91 Å². The first kappa shape index (κ1) is 21.2. The largest absolute Gasteiger partial charge is 0.392 e. The molecule has 1 unspecified atom stereocenters. The van der Waals surface area contributed by atoms with Gasteiger partial charge in [-0.1, -0.05) is 67.9 Å². The maximum absolute atomic E-state index is 11.6. The van der Waals surface area contributed by atoms with Crippen LogP contribution in [-0.4, -0.2) is 11.0 Å². The number of hydrogen-bond donors (Lipinski definition) is 2. The predicted octanol–water partition coefficient (Wildman–Crippen LogP) is 5.27. The Kier molecular flexibility index (Phi) is 8.05. The van der Waals surface area contributed by atoms with E-state index in [4.69, 9.17) is 5.11 Å². The summed E-state index contributed by atoms with van der Waals surface area (Å²) in [7, 11) is 0. The molecule has 1 fully saturated rings. The molecule has 0 heterocycles. The van der Waals surface area contributed by atoms with Crippen LogP contribution in [-0.2, 0) is 11.4 Å². The van der Waals surface area contributed by atoms with E-state index < -0.39 is 0 Å². The number of nitrogens with one attached hydrogen (secondary N) is 1. The summed E-state index contributed by atoms with van der Waals surface area (Å²) in [6.45, 7) is 8.34. The maximum atomic E-state index is 11.6.